The SMILES string of the molecule is NCC#Cc1cc(F)ccc1CN1CCOCC1=O. The van der Waals surface area contributed by atoms with E-state index >= 15 is 0 Å². The van der Waals surface area contributed by atoms with E-state index in [4.69, 9.17) is 10.5 Å². The number of morpholine rings is 1. The molecule has 0 unspecified atom stereocenters. The molecule has 2 rings (SSSR count). The summed E-state index contributed by atoms with van der Waals surface area (Å²) in [5.74, 6) is 5.13. The van der Waals surface area contributed by atoms with Crippen molar-refractivity contribution in [2.24, 2.45) is 5.73 Å². The number of carbonyl (C=O) groups is 1. The Morgan fingerprint density at radius 1 is 1.47 bits per heavy atom. The van der Waals surface area contributed by atoms with Crippen molar-refractivity contribution in [3.05, 3.63) is 35.1 Å². The topological polar surface area (TPSA) is 55.6 Å². The van der Waals surface area contributed by atoms with E-state index in [-0.39, 0.29) is 24.9 Å². The molecule has 0 aliphatic carbocycles. The van der Waals surface area contributed by atoms with Crippen LogP contribution in [0.3, 0.4) is 0 Å². The highest BCUT2D eigenvalue weighted by Crippen LogP contribution is 2.14. The molecule has 1 aromatic rings. The molecule has 4 nitrogen and oxygen atoms in total. The Hall–Kier alpha value is -1.90. The van der Waals surface area contributed by atoms with E-state index in [2.05, 4.69) is 11.8 Å². The van der Waals surface area contributed by atoms with Gasteiger partial charge in [-0.3, -0.25) is 4.79 Å². The lowest BCUT2D eigenvalue weighted by atomic mass is 10.1. The lowest BCUT2D eigenvalue weighted by molar-refractivity contribution is -0.143. The highest BCUT2D eigenvalue weighted by Gasteiger charge is 2.19. The zero-order valence-electron chi connectivity index (χ0n) is 10.5. The van der Waals surface area contributed by atoms with Gasteiger partial charge in [-0.2, -0.15) is 0 Å². The summed E-state index contributed by atoms with van der Waals surface area (Å²) in [5.41, 5.74) is 6.71. The minimum atomic E-state index is -0.349. The maximum Gasteiger partial charge on any atom is 0.248 e. The molecule has 5 heteroatoms. The Kier molecular flexibility index (Phi) is 4.50. The number of carbonyl (C=O) groups excluding carboxylic acids is 1. The molecule has 1 aliphatic rings. The summed E-state index contributed by atoms with van der Waals surface area (Å²) in [6.45, 7) is 1.80. The first kappa shape index (κ1) is 13.5. The molecule has 0 atom stereocenters. The van der Waals surface area contributed by atoms with E-state index in [0.717, 1.165) is 5.56 Å². The van der Waals surface area contributed by atoms with E-state index in [9.17, 15) is 9.18 Å². The van der Waals surface area contributed by atoms with Gasteiger partial charge in [-0.1, -0.05) is 17.9 Å². The molecule has 100 valence electrons. The summed E-state index contributed by atoms with van der Waals surface area (Å²) in [5, 5.41) is 0. The third kappa shape index (κ3) is 3.53. The number of benzene rings is 1. The van der Waals surface area contributed by atoms with E-state index in [1.54, 1.807) is 11.0 Å². The highest BCUT2D eigenvalue weighted by molar-refractivity contribution is 5.78. The van der Waals surface area contributed by atoms with Crippen LogP contribution in [0, 0.1) is 17.7 Å². The molecule has 1 aliphatic heterocycles. The zero-order valence-corrected chi connectivity index (χ0v) is 10.5. The second-order valence-corrected chi connectivity index (χ2v) is 4.18. The van der Waals surface area contributed by atoms with E-state index < -0.39 is 0 Å². The summed E-state index contributed by atoms with van der Waals surface area (Å²) < 4.78 is 18.3. The highest BCUT2D eigenvalue weighted by atomic mass is 19.1. The molecule has 1 amide bonds. The number of hydrogen-bond acceptors (Lipinski definition) is 3. The van der Waals surface area contributed by atoms with Gasteiger partial charge in [-0.25, -0.2) is 4.39 Å². The number of ether oxygens (including phenoxy) is 1. The van der Waals surface area contributed by atoms with Crippen molar-refractivity contribution in [2.45, 2.75) is 6.54 Å². The Morgan fingerprint density at radius 2 is 2.32 bits per heavy atom. The number of nitrogens with zero attached hydrogens (tertiary/aromatic N) is 1. The van der Waals surface area contributed by atoms with Crippen LogP contribution in [0.4, 0.5) is 4.39 Å². The van der Waals surface area contributed by atoms with Gasteiger partial charge in [-0.15, -0.1) is 0 Å². The van der Waals surface area contributed by atoms with Crippen LogP contribution in [0.25, 0.3) is 0 Å². The Balaban J connectivity index is 2.21. The summed E-state index contributed by atoms with van der Waals surface area (Å²) in [7, 11) is 0. The van der Waals surface area contributed by atoms with Gasteiger partial charge in [-0.05, 0) is 17.7 Å². The van der Waals surface area contributed by atoms with E-state index in [0.29, 0.717) is 25.3 Å². The molecule has 1 saturated heterocycles. The average Bonchev–Trinajstić information content (AvgIpc) is 2.41. The van der Waals surface area contributed by atoms with Gasteiger partial charge in [0.25, 0.3) is 0 Å². The van der Waals surface area contributed by atoms with Crippen molar-refractivity contribution in [1.82, 2.24) is 4.90 Å². The predicted octanol–water partition coefficient (Wildman–Crippen LogP) is 0.495. The van der Waals surface area contributed by atoms with Crippen LogP contribution in [-0.4, -0.2) is 37.1 Å². The lowest BCUT2D eigenvalue weighted by Gasteiger charge is -2.27. The number of rotatable bonds is 2. The molecule has 0 aromatic heterocycles. The van der Waals surface area contributed by atoms with Crippen molar-refractivity contribution < 1.29 is 13.9 Å². The van der Waals surface area contributed by atoms with E-state index in [1.165, 1.54) is 12.1 Å². The second-order valence-electron chi connectivity index (χ2n) is 4.18. The average molecular weight is 262 g/mol. The van der Waals surface area contributed by atoms with Crippen LogP contribution in [0.1, 0.15) is 11.1 Å². The monoisotopic (exact) mass is 262 g/mol. The quantitative estimate of drug-likeness (QED) is 0.789. The van der Waals surface area contributed by atoms with Gasteiger partial charge in [0.1, 0.15) is 12.4 Å². The van der Waals surface area contributed by atoms with Crippen LogP contribution < -0.4 is 5.73 Å². The maximum atomic E-state index is 13.2. The number of hydrogen-bond donors (Lipinski definition) is 1. The van der Waals surface area contributed by atoms with Gasteiger partial charge in [0.2, 0.25) is 5.91 Å². The number of amides is 1. The van der Waals surface area contributed by atoms with Gasteiger partial charge in [0.15, 0.2) is 0 Å². The van der Waals surface area contributed by atoms with Crippen LogP contribution in [0.2, 0.25) is 0 Å². The van der Waals surface area contributed by atoms with Gasteiger partial charge < -0.3 is 15.4 Å². The molecule has 2 N–H and O–H groups in total. The van der Waals surface area contributed by atoms with Crippen LogP contribution in [0.5, 0.6) is 0 Å². The fraction of sp³-hybridized carbons (Fsp3) is 0.357. The standard InChI is InChI=1S/C14H15FN2O2/c15-13-4-3-12(11(8-13)2-1-5-16)9-17-6-7-19-10-14(17)18/h3-4,8H,5-7,9-10,16H2. The minimum absolute atomic E-state index is 0.0618. The third-order valence-corrected chi connectivity index (χ3v) is 2.84. The normalized spacial score (nSPS) is 15.1. The lowest BCUT2D eigenvalue weighted by Crippen LogP contribution is -2.41. The summed E-state index contributed by atoms with van der Waals surface area (Å²) in [6, 6.07) is 4.38. The van der Waals surface area contributed by atoms with Gasteiger partial charge in [0.05, 0.1) is 13.2 Å². The third-order valence-electron chi connectivity index (χ3n) is 2.84. The van der Waals surface area contributed by atoms with Gasteiger partial charge in [0, 0.05) is 18.7 Å². The van der Waals surface area contributed by atoms with Gasteiger partial charge >= 0.3 is 0 Å². The number of nitrogens with two attached hydrogens (primary N) is 1. The molecule has 1 fully saturated rings. The molecule has 0 bridgehead atoms. The van der Waals surface area contributed by atoms with Crippen LogP contribution in [-0.2, 0) is 16.1 Å². The summed E-state index contributed by atoms with van der Waals surface area (Å²) in [6.07, 6.45) is 0. The van der Waals surface area contributed by atoms with Crippen molar-refractivity contribution in [2.75, 3.05) is 26.3 Å². The smallest absolute Gasteiger partial charge is 0.248 e. The molecule has 19 heavy (non-hydrogen) atoms. The number of halogens is 1. The van der Waals surface area contributed by atoms with Crippen LogP contribution >= 0.6 is 0 Å². The minimum Gasteiger partial charge on any atom is -0.370 e. The Bertz CT molecular complexity index is 534. The molecular formula is C14H15FN2O2. The van der Waals surface area contributed by atoms with Crippen molar-refractivity contribution in [3.63, 3.8) is 0 Å². The first-order valence-corrected chi connectivity index (χ1v) is 6.03. The summed E-state index contributed by atoms with van der Waals surface area (Å²) in [4.78, 5) is 13.3. The van der Waals surface area contributed by atoms with Crippen molar-refractivity contribution in [1.29, 1.82) is 0 Å². The van der Waals surface area contributed by atoms with E-state index in [1.807, 2.05) is 0 Å². The molecule has 1 heterocycles. The first-order valence-electron chi connectivity index (χ1n) is 6.03. The largest absolute Gasteiger partial charge is 0.370 e. The molecular weight excluding hydrogens is 247 g/mol. The molecule has 0 saturated carbocycles. The second kappa shape index (κ2) is 6.32. The Labute approximate surface area is 111 Å². The first-order chi connectivity index (χ1) is 9.20. The fourth-order valence-corrected chi connectivity index (χ4v) is 1.87. The van der Waals surface area contributed by atoms with Crippen molar-refractivity contribution >= 4 is 5.91 Å². The summed E-state index contributed by atoms with van der Waals surface area (Å²) >= 11 is 0. The fourth-order valence-electron chi connectivity index (χ4n) is 1.87. The molecule has 0 radical (unpaired) electrons. The zero-order chi connectivity index (χ0) is 13.7. The molecule has 1 aromatic carbocycles. The van der Waals surface area contributed by atoms with Crippen molar-refractivity contribution in [3.8, 4) is 11.8 Å². The predicted molar refractivity (Wildman–Crippen MR) is 68.6 cm³/mol. The van der Waals surface area contributed by atoms with Crippen LogP contribution in [0.15, 0.2) is 18.2 Å². The Morgan fingerprint density at radius 3 is 3.05 bits per heavy atom. The molecule has 0 spiro atoms. The maximum absolute atomic E-state index is 13.2.